The zero-order valence-electron chi connectivity index (χ0n) is 12.0. The van der Waals surface area contributed by atoms with Gasteiger partial charge in [-0.1, -0.05) is 42.5 Å². The molecule has 0 aliphatic rings. The molecule has 21 heavy (non-hydrogen) atoms. The van der Waals surface area contributed by atoms with Crippen molar-refractivity contribution < 1.29 is 4.74 Å². The first-order valence-corrected chi connectivity index (χ1v) is 6.71. The van der Waals surface area contributed by atoms with Crippen LogP contribution in [0.15, 0.2) is 42.5 Å². The smallest absolute Gasteiger partial charge is 0.205 e. The zero-order chi connectivity index (χ0) is 14.7. The van der Waals surface area contributed by atoms with E-state index >= 15 is 0 Å². The molecule has 5 heteroatoms. The van der Waals surface area contributed by atoms with E-state index < -0.39 is 0 Å². The highest BCUT2D eigenvalue weighted by Crippen LogP contribution is 2.30. The molecule has 0 saturated carbocycles. The number of hydrogen-bond acceptors (Lipinski definition) is 4. The standard InChI is InChI=1S/C16H16N4O/c1-11-9-12(7-8-13(11)10-21-2)14-5-3-4-6-15(14)16-17-19-20-18-16/h3-9H,10H2,1-2H3,(H,17,18,19,20). The van der Waals surface area contributed by atoms with Crippen LogP contribution < -0.4 is 0 Å². The summed E-state index contributed by atoms with van der Waals surface area (Å²) in [5.74, 6) is 0.601. The first kappa shape index (κ1) is 13.5. The minimum atomic E-state index is 0.601. The molecule has 0 unspecified atom stereocenters. The molecule has 0 saturated heterocycles. The van der Waals surface area contributed by atoms with Crippen molar-refractivity contribution in [3.63, 3.8) is 0 Å². The summed E-state index contributed by atoms with van der Waals surface area (Å²) in [6.45, 7) is 2.72. The second kappa shape index (κ2) is 5.85. The number of aromatic nitrogens is 4. The number of hydrogen-bond donors (Lipinski definition) is 1. The second-order valence-corrected chi connectivity index (χ2v) is 4.86. The van der Waals surface area contributed by atoms with Crippen molar-refractivity contribution in [1.29, 1.82) is 0 Å². The van der Waals surface area contributed by atoms with Crippen molar-refractivity contribution in [3.05, 3.63) is 53.6 Å². The molecule has 0 radical (unpaired) electrons. The Morgan fingerprint density at radius 2 is 1.90 bits per heavy atom. The topological polar surface area (TPSA) is 63.7 Å². The number of aryl methyl sites for hydroxylation is 1. The lowest BCUT2D eigenvalue weighted by molar-refractivity contribution is 0.184. The van der Waals surface area contributed by atoms with E-state index in [1.54, 1.807) is 7.11 Å². The lowest BCUT2D eigenvalue weighted by atomic mass is 9.96. The van der Waals surface area contributed by atoms with Crippen molar-refractivity contribution >= 4 is 0 Å². The predicted octanol–water partition coefficient (Wildman–Crippen LogP) is 2.99. The molecule has 1 N–H and O–H groups in total. The molecule has 3 rings (SSSR count). The molecule has 0 spiro atoms. The van der Waals surface area contributed by atoms with Gasteiger partial charge in [-0.15, -0.1) is 10.2 Å². The molecule has 0 aliphatic heterocycles. The van der Waals surface area contributed by atoms with Gasteiger partial charge in [-0.05, 0) is 34.4 Å². The average Bonchev–Trinajstić information content (AvgIpc) is 3.04. The first-order chi connectivity index (χ1) is 10.3. The Hall–Kier alpha value is -2.53. The summed E-state index contributed by atoms with van der Waals surface area (Å²) in [5, 5.41) is 14.3. The zero-order valence-corrected chi connectivity index (χ0v) is 12.0. The molecule has 0 aliphatic carbocycles. The first-order valence-electron chi connectivity index (χ1n) is 6.71. The van der Waals surface area contributed by atoms with Gasteiger partial charge in [-0.25, -0.2) is 0 Å². The minimum absolute atomic E-state index is 0.601. The van der Waals surface area contributed by atoms with Crippen LogP contribution in [-0.4, -0.2) is 27.7 Å². The molecule has 0 atom stereocenters. The fourth-order valence-electron chi connectivity index (χ4n) is 2.39. The second-order valence-electron chi connectivity index (χ2n) is 4.86. The Morgan fingerprint density at radius 1 is 1.10 bits per heavy atom. The van der Waals surface area contributed by atoms with E-state index in [1.807, 2.05) is 18.2 Å². The maximum atomic E-state index is 5.20. The van der Waals surface area contributed by atoms with Crippen molar-refractivity contribution in [2.75, 3.05) is 7.11 Å². The Kier molecular flexibility index (Phi) is 3.75. The van der Waals surface area contributed by atoms with Crippen molar-refractivity contribution in [2.24, 2.45) is 0 Å². The van der Waals surface area contributed by atoms with Crippen LogP contribution >= 0.6 is 0 Å². The van der Waals surface area contributed by atoms with E-state index in [0.717, 1.165) is 16.7 Å². The Bertz CT molecular complexity index is 738. The van der Waals surface area contributed by atoms with Crippen molar-refractivity contribution in [3.8, 4) is 22.5 Å². The largest absolute Gasteiger partial charge is 0.380 e. The van der Waals surface area contributed by atoms with Crippen LogP contribution in [0.1, 0.15) is 11.1 Å². The summed E-state index contributed by atoms with van der Waals surface area (Å²) >= 11 is 0. The monoisotopic (exact) mass is 280 g/mol. The fraction of sp³-hybridized carbons (Fsp3) is 0.188. The van der Waals surface area contributed by atoms with Gasteiger partial charge in [0.15, 0.2) is 0 Å². The number of rotatable bonds is 4. The Morgan fingerprint density at radius 3 is 2.57 bits per heavy atom. The third kappa shape index (κ3) is 2.68. The van der Waals surface area contributed by atoms with Crippen LogP contribution in [0.5, 0.6) is 0 Å². The number of methoxy groups -OCH3 is 1. The van der Waals surface area contributed by atoms with Crippen LogP contribution in [0.25, 0.3) is 22.5 Å². The maximum absolute atomic E-state index is 5.20. The molecule has 3 aromatic rings. The van der Waals surface area contributed by atoms with Gasteiger partial charge in [0, 0.05) is 12.7 Å². The van der Waals surface area contributed by atoms with Crippen molar-refractivity contribution in [1.82, 2.24) is 20.6 Å². The molecular weight excluding hydrogens is 264 g/mol. The fourth-order valence-corrected chi connectivity index (χ4v) is 2.39. The van der Waals surface area contributed by atoms with E-state index in [1.165, 1.54) is 11.1 Å². The van der Waals surface area contributed by atoms with E-state index in [0.29, 0.717) is 12.4 Å². The average molecular weight is 280 g/mol. The van der Waals surface area contributed by atoms with Gasteiger partial charge in [0.25, 0.3) is 0 Å². The van der Waals surface area contributed by atoms with Crippen LogP contribution in [-0.2, 0) is 11.3 Å². The van der Waals surface area contributed by atoms with Gasteiger partial charge < -0.3 is 4.74 Å². The van der Waals surface area contributed by atoms with E-state index in [2.05, 4.69) is 51.8 Å². The number of nitrogens with zero attached hydrogens (tertiary/aromatic N) is 3. The molecule has 1 heterocycles. The van der Waals surface area contributed by atoms with E-state index in [9.17, 15) is 0 Å². The van der Waals surface area contributed by atoms with Gasteiger partial charge in [-0.3, -0.25) is 0 Å². The van der Waals surface area contributed by atoms with Crippen LogP contribution in [0.2, 0.25) is 0 Å². The number of aromatic amines is 1. The SMILES string of the molecule is COCc1ccc(-c2ccccc2-c2nn[nH]n2)cc1C. The molecule has 0 bridgehead atoms. The molecule has 0 fully saturated rings. The summed E-state index contributed by atoms with van der Waals surface area (Å²) in [4.78, 5) is 0. The molecular formula is C16H16N4O. The Labute approximate surface area is 123 Å². The maximum Gasteiger partial charge on any atom is 0.205 e. The summed E-state index contributed by atoms with van der Waals surface area (Å²) < 4.78 is 5.20. The molecule has 2 aromatic carbocycles. The molecule has 5 nitrogen and oxygen atoms in total. The molecule has 1 aromatic heterocycles. The van der Waals surface area contributed by atoms with E-state index in [-0.39, 0.29) is 0 Å². The van der Waals surface area contributed by atoms with Crippen LogP contribution in [0.3, 0.4) is 0 Å². The van der Waals surface area contributed by atoms with Gasteiger partial charge in [0.05, 0.1) is 6.61 Å². The number of benzene rings is 2. The Balaban J connectivity index is 2.07. The number of nitrogens with one attached hydrogen (secondary N) is 1. The highest BCUT2D eigenvalue weighted by molar-refractivity contribution is 5.80. The quantitative estimate of drug-likeness (QED) is 0.798. The number of H-pyrrole nitrogens is 1. The molecule has 0 amide bonds. The van der Waals surface area contributed by atoms with Crippen LogP contribution in [0, 0.1) is 6.92 Å². The summed E-state index contributed by atoms with van der Waals surface area (Å²) in [6.07, 6.45) is 0. The summed E-state index contributed by atoms with van der Waals surface area (Å²) in [7, 11) is 1.71. The summed E-state index contributed by atoms with van der Waals surface area (Å²) in [6, 6.07) is 14.4. The summed E-state index contributed by atoms with van der Waals surface area (Å²) in [5.41, 5.74) is 5.58. The third-order valence-corrected chi connectivity index (χ3v) is 3.47. The highest BCUT2D eigenvalue weighted by atomic mass is 16.5. The van der Waals surface area contributed by atoms with Gasteiger partial charge in [0.2, 0.25) is 5.82 Å². The predicted molar refractivity (Wildman–Crippen MR) is 80.5 cm³/mol. The highest BCUT2D eigenvalue weighted by Gasteiger charge is 2.11. The number of tetrazole rings is 1. The lowest BCUT2D eigenvalue weighted by Gasteiger charge is -2.10. The third-order valence-electron chi connectivity index (χ3n) is 3.47. The minimum Gasteiger partial charge on any atom is -0.380 e. The van der Waals surface area contributed by atoms with Crippen molar-refractivity contribution in [2.45, 2.75) is 13.5 Å². The number of ether oxygens (including phenoxy) is 1. The van der Waals surface area contributed by atoms with Gasteiger partial charge in [0.1, 0.15) is 0 Å². The normalized spacial score (nSPS) is 10.8. The van der Waals surface area contributed by atoms with Crippen LogP contribution in [0.4, 0.5) is 0 Å². The van der Waals surface area contributed by atoms with E-state index in [4.69, 9.17) is 4.74 Å². The van der Waals surface area contributed by atoms with Gasteiger partial charge in [-0.2, -0.15) is 5.21 Å². The molecule has 106 valence electrons. The lowest BCUT2D eigenvalue weighted by Crippen LogP contribution is -1.93. The van der Waals surface area contributed by atoms with Gasteiger partial charge >= 0.3 is 0 Å².